The van der Waals surface area contributed by atoms with Gasteiger partial charge in [0.2, 0.25) is 0 Å². The van der Waals surface area contributed by atoms with E-state index in [-0.39, 0.29) is 0 Å². The molecule has 2 N–H and O–H groups in total. The number of dihydropyridines is 1. The molecule has 2 heteroatoms. The molecule has 2 aliphatic heterocycles. The second kappa shape index (κ2) is 3.76. The van der Waals surface area contributed by atoms with Crippen LogP contribution in [0.5, 0.6) is 0 Å². The van der Waals surface area contributed by atoms with Gasteiger partial charge in [0.25, 0.3) is 0 Å². The number of rotatable bonds is 1. The Hall–Kier alpha value is -0.760. The number of piperidine rings is 1. The third-order valence-electron chi connectivity index (χ3n) is 2.66. The SMILES string of the molecule is C1=CC(C2CCNCC2)=CCN1. The van der Waals surface area contributed by atoms with Crippen molar-refractivity contribution in [3.05, 3.63) is 23.9 Å². The summed E-state index contributed by atoms with van der Waals surface area (Å²) in [5.74, 6) is 0.810. The van der Waals surface area contributed by atoms with Gasteiger partial charge in [0.15, 0.2) is 0 Å². The fourth-order valence-electron chi connectivity index (χ4n) is 1.93. The van der Waals surface area contributed by atoms with Crippen molar-refractivity contribution in [1.29, 1.82) is 0 Å². The Morgan fingerprint density at radius 3 is 2.75 bits per heavy atom. The molecule has 0 aromatic carbocycles. The van der Waals surface area contributed by atoms with Crippen LogP contribution in [0.25, 0.3) is 0 Å². The predicted molar refractivity (Wildman–Crippen MR) is 50.8 cm³/mol. The third kappa shape index (κ3) is 1.69. The van der Waals surface area contributed by atoms with Crippen molar-refractivity contribution in [3.8, 4) is 0 Å². The van der Waals surface area contributed by atoms with Crippen LogP contribution in [0.1, 0.15) is 12.8 Å². The molecule has 0 unspecified atom stereocenters. The second-order valence-electron chi connectivity index (χ2n) is 3.47. The maximum atomic E-state index is 3.39. The van der Waals surface area contributed by atoms with Crippen molar-refractivity contribution in [1.82, 2.24) is 10.6 Å². The lowest BCUT2D eigenvalue weighted by Crippen LogP contribution is -2.29. The van der Waals surface area contributed by atoms with Crippen molar-refractivity contribution in [3.63, 3.8) is 0 Å². The fourth-order valence-corrected chi connectivity index (χ4v) is 1.93. The molecule has 0 bridgehead atoms. The zero-order valence-electron chi connectivity index (χ0n) is 7.34. The molecule has 2 rings (SSSR count). The Morgan fingerprint density at radius 2 is 2.08 bits per heavy atom. The molecule has 0 aromatic heterocycles. The molecule has 0 radical (unpaired) electrons. The Labute approximate surface area is 73.7 Å². The summed E-state index contributed by atoms with van der Waals surface area (Å²) < 4.78 is 0. The second-order valence-corrected chi connectivity index (χ2v) is 3.47. The van der Waals surface area contributed by atoms with Gasteiger partial charge in [-0.25, -0.2) is 0 Å². The minimum Gasteiger partial charge on any atom is -0.387 e. The van der Waals surface area contributed by atoms with Gasteiger partial charge in [-0.2, -0.15) is 0 Å². The molecular formula is C10H16N2. The molecule has 0 aliphatic carbocycles. The summed E-state index contributed by atoms with van der Waals surface area (Å²) in [5, 5.41) is 6.57. The van der Waals surface area contributed by atoms with Gasteiger partial charge in [0.05, 0.1) is 0 Å². The van der Waals surface area contributed by atoms with E-state index in [1.54, 1.807) is 0 Å². The van der Waals surface area contributed by atoms with E-state index in [2.05, 4.69) is 29.0 Å². The van der Waals surface area contributed by atoms with E-state index in [0.717, 1.165) is 12.5 Å². The fraction of sp³-hybridized carbons (Fsp3) is 0.600. The van der Waals surface area contributed by atoms with Gasteiger partial charge < -0.3 is 10.6 Å². The van der Waals surface area contributed by atoms with Crippen LogP contribution < -0.4 is 10.6 Å². The molecule has 66 valence electrons. The standard InChI is InChI=1S/C10H16N2/c1-5-11-6-2-9(1)10-3-7-12-8-4-10/h1-2,5,10-12H,3-4,6-8H2. The van der Waals surface area contributed by atoms with E-state index in [1.165, 1.54) is 31.5 Å². The topological polar surface area (TPSA) is 24.1 Å². The first-order valence-electron chi connectivity index (χ1n) is 4.77. The van der Waals surface area contributed by atoms with Gasteiger partial charge in [-0.15, -0.1) is 0 Å². The van der Waals surface area contributed by atoms with Gasteiger partial charge in [-0.05, 0) is 49.7 Å². The normalized spacial score (nSPS) is 24.8. The first-order chi connectivity index (χ1) is 5.97. The number of hydrogen-bond donors (Lipinski definition) is 2. The van der Waals surface area contributed by atoms with Crippen LogP contribution >= 0.6 is 0 Å². The Kier molecular flexibility index (Phi) is 2.47. The monoisotopic (exact) mass is 164 g/mol. The molecule has 1 saturated heterocycles. The number of nitrogens with one attached hydrogen (secondary N) is 2. The molecule has 0 amide bonds. The Balaban J connectivity index is 1.97. The summed E-state index contributed by atoms with van der Waals surface area (Å²) in [6.07, 6.45) is 9.21. The van der Waals surface area contributed by atoms with E-state index in [0.29, 0.717) is 0 Å². The lowest BCUT2D eigenvalue weighted by Gasteiger charge is -2.25. The zero-order valence-corrected chi connectivity index (χ0v) is 7.34. The summed E-state index contributed by atoms with van der Waals surface area (Å²) in [6.45, 7) is 3.38. The third-order valence-corrected chi connectivity index (χ3v) is 2.66. The van der Waals surface area contributed by atoms with Crippen molar-refractivity contribution in [2.24, 2.45) is 5.92 Å². The van der Waals surface area contributed by atoms with Gasteiger partial charge in [0, 0.05) is 6.54 Å². The molecule has 2 nitrogen and oxygen atoms in total. The van der Waals surface area contributed by atoms with E-state index in [4.69, 9.17) is 0 Å². The minimum absolute atomic E-state index is 0.810. The van der Waals surface area contributed by atoms with Gasteiger partial charge >= 0.3 is 0 Å². The molecule has 0 atom stereocenters. The molecule has 2 heterocycles. The lowest BCUT2D eigenvalue weighted by atomic mass is 9.89. The van der Waals surface area contributed by atoms with Crippen LogP contribution in [0.2, 0.25) is 0 Å². The first-order valence-corrected chi connectivity index (χ1v) is 4.77. The first kappa shape index (κ1) is 7.87. The number of allylic oxidation sites excluding steroid dienone is 2. The van der Waals surface area contributed by atoms with Crippen LogP contribution in [0.15, 0.2) is 23.9 Å². The summed E-state index contributed by atoms with van der Waals surface area (Å²) in [7, 11) is 0. The molecule has 2 aliphatic rings. The van der Waals surface area contributed by atoms with Crippen molar-refractivity contribution in [2.45, 2.75) is 12.8 Å². The summed E-state index contributed by atoms with van der Waals surface area (Å²) in [5.41, 5.74) is 1.54. The average Bonchev–Trinajstić information content (AvgIpc) is 2.21. The van der Waals surface area contributed by atoms with Gasteiger partial charge in [-0.3, -0.25) is 0 Å². The molecule has 0 saturated carbocycles. The highest BCUT2D eigenvalue weighted by Gasteiger charge is 2.15. The largest absolute Gasteiger partial charge is 0.387 e. The minimum atomic E-state index is 0.810. The predicted octanol–water partition coefficient (Wildman–Crippen LogP) is 1.03. The molecule has 1 fully saturated rings. The van der Waals surface area contributed by atoms with E-state index in [1.807, 2.05) is 0 Å². The van der Waals surface area contributed by atoms with E-state index in [9.17, 15) is 0 Å². The Morgan fingerprint density at radius 1 is 1.25 bits per heavy atom. The van der Waals surface area contributed by atoms with Crippen LogP contribution in [0.4, 0.5) is 0 Å². The highest BCUT2D eigenvalue weighted by atomic mass is 14.9. The van der Waals surface area contributed by atoms with Crippen LogP contribution in [-0.4, -0.2) is 19.6 Å². The Bertz CT molecular complexity index is 200. The van der Waals surface area contributed by atoms with Crippen molar-refractivity contribution >= 4 is 0 Å². The van der Waals surface area contributed by atoms with Gasteiger partial charge in [0.1, 0.15) is 0 Å². The van der Waals surface area contributed by atoms with Crippen LogP contribution in [0, 0.1) is 5.92 Å². The summed E-state index contributed by atoms with van der Waals surface area (Å²) in [6, 6.07) is 0. The maximum Gasteiger partial charge on any atom is 0.0331 e. The molecule has 0 aromatic rings. The van der Waals surface area contributed by atoms with Crippen molar-refractivity contribution < 1.29 is 0 Å². The highest BCUT2D eigenvalue weighted by molar-refractivity contribution is 5.25. The average molecular weight is 164 g/mol. The summed E-state index contributed by atoms with van der Waals surface area (Å²) in [4.78, 5) is 0. The summed E-state index contributed by atoms with van der Waals surface area (Å²) >= 11 is 0. The van der Waals surface area contributed by atoms with Crippen molar-refractivity contribution in [2.75, 3.05) is 19.6 Å². The molecule has 0 spiro atoms. The lowest BCUT2D eigenvalue weighted by molar-refractivity contribution is 0.423. The van der Waals surface area contributed by atoms with Gasteiger partial charge in [-0.1, -0.05) is 6.08 Å². The van der Waals surface area contributed by atoms with E-state index < -0.39 is 0 Å². The quantitative estimate of drug-likeness (QED) is 0.605. The van der Waals surface area contributed by atoms with E-state index >= 15 is 0 Å². The zero-order chi connectivity index (χ0) is 8.23. The maximum absolute atomic E-state index is 3.39. The molecular weight excluding hydrogens is 148 g/mol. The van der Waals surface area contributed by atoms with Crippen LogP contribution in [-0.2, 0) is 0 Å². The number of hydrogen-bond acceptors (Lipinski definition) is 2. The van der Waals surface area contributed by atoms with Crippen LogP contribution in [0.3, 0.4) is 0 Å². The highest BCUT2D eigenvalue weighted by Crippen LogP contribution is 2.22. The molecule has 12 heavy (non-hydrogen) atoms. The smallest absolute Gasteiger partial charge is 0.0331 e.